The van der Waals surface area contributed by atoms with Crippen LogP contribution in [-0.4, -0.2) is 68.5 Å². The number of aromatic nitrogens is 3. The van der Waals surface area contributed by atoms with Gasteiger partial charge in [-0.05, 0) is 29.3 Å². The van der Waals surface area contributed by atoms with Crippen LogP contribution in [0.2, 0.25) is 0 Å². The summed E-state index contributed by atoms with van der Waals surface area (Å²) >= 11 is 0. The van der Waals surface area contributed by atoms with E-state index in [1.165, 1.54) is 11.0 Å². The molecule has 1 fully saturated rings. The molecule has 34 heavy (non-hydrogen) atoms. The van der Waals surface area contributed by atoms with E-state index in [4.69, 9.17) is 9.57 Å². The Morgan fingerprint density at radius 2 is 1.88 bits per heavy atom. The highest BCUT2D eigenvalue weighted by molar-refractivity contribution is 6.02. The fraction of sp³-hybridized carbons (Fsp3) is 0.304. The number of aliphatic hydroxyl groups is 2. The Kier molecular flexibility index (Phi) is 5.72. The highest BCUT2D eigenvalue weighted by Crippen LogP contribution is 2.31. The average molecular weight is 467 g/mol. The molecule has 2 aliphatic heterocycles. The molecule has 2 N–H and O–H groups in total. The van der Waals surface area contributed by atoms with Crippen LogP contribution in [0.1, 0.15) is 12.0 Å². The molecule has 2 aliphatic rings. The van der Waals surface area contributed by atoms with Gasteiger partial charge in [-0.1, -0.05) is 34.6 Å². The van der Waals surface area contributed by atoms with Crippen molar-refractivity contribution in [1.82, 2.24) is 15.0 Å². The summed E-state index contributed by atoms with van der Waals surface area (Å²) < 4.78 is 22.0. The average Bonchev–Trinajstić information content (AvgIpc) is 3.60. The second-order valence-corrected chi connectivity index (χ2v) is 8.29. The van der Waals surface area contributed by atoms with Crippen molar-refractivity contribution in [2.75, 3.05) is 24.7 Å². The standard InChI is InChI=1S/C23H22FN5O5/c24-20-9-17(29-12-18(33-22(29)32)11-28-8-7-25-27-28)5-6-19(20)15-1-3-16(4-2-15)21-10-23(13-30,14-31)34-26-21/h1-9,18,30-31H,10-14H2/t18-/m1/s1. The van der Waals surface area contributed by atoms with Crippen molar-refractivity contribution in [3.63, 3.8) is 0 Å². The second kappa shape index (κ2) is 8.84. The molecule has 0 bridgehead atoms. The van der Waals surface area contributed by atoms with E-state index < -0.39 is 23.6 Å². The number of amides is 1. The molecule has 1 aromatic heterocycles. The van der Waals surface area contributed by atoms with Gasteiger partial charge in [-0.15, -0.1) is 5.10 Å². The van der Waals surface area contributed by atoms with Crippen LogP contribution in [0.5, 0.6) is 0 Å². The molecule has 3 aromatic rings. The molecule has 1 saturated heterocycles. The van der Waals surface area contributed by atoms with Crippen LogP contribution in [0.3, 0.4) is 0 Å². The maximum Gasteiger partial charge on any atom is 0.414 e. The highest BCUT2D eigenvalue weighted by atomic mass is 19.1. The zero-order chi connectivity index (χ0) is 23.7. The van der Waals surface area contributed by atoms with Crippen molar-refractivity contribution in [2.24, 2.45) is 5.16 Å². The zero-order valence-corrected chi connectivity index (χ0v) is 18.0. The van der Waals surface area contributed by atoms with Crippen molar-refractivity contribution in [2.45, 2.75) is 24.7 Å². The first-order chi connectivity index (χ1) is 16.5. The Balaban J connectivity index is 1.29. The van der Waals surface area contributed by atoms with Gasteiger partial charge in [-0.2, -0.15) is 0 Å². The van der Waals surface area contributed by atoms with Crippen LogP contribution in [0.4, 0.5) is 14.9 Å². The molecule has 1 amide bonds. The lowest BCUT2D eigenvalue weighted by Gasteiger charge is -2.20. The fourth-order valence-electron chi connectivity index (χ4n) is 4.01. The van der Waals surface area contributed by atoms with E-state index in [0.717, 1.165) is 5.56 Å². The minimum atomic E-state index is -1.11. The third kappa shape index (κ3) is 4.11. The van der Waals surface area contributed by atoms with Crippen LogP contribution in [0, 0.1) is 5.82 Å². The Morgan fingerprint density at radius 3 is 2.53 bits per heavy atom. The number of hydrogen-bond acceptors (Lipinski definition) is 8. The number of ether oxygens (including phenoxy) is 1. The Labute approximate surface area is 193 Å². The second-order valence-electron chi connectivity index (χ2n) is 8.29. The number of aliphatic hydroxyl groups excluding tert-OH is 2. The Morgan fingerprint density at radius 1 is 1.12 bits per heavy atom. The first-order valence-corrected chi connectivity index (χ1v) is 10.7. The molecule has 0 saturated carbocycles. The molecule has 10 nitrogen and oxygen atoms in total. The number of carbonyl (C=O) groups excluding carboxylic acids is 1. The van der Waals surface area contributed by atoms with Gasteiger partial charge in [0.1, 0.15) is 11.9 Å². The molecule has 176 valence electrons. The molecule has 5 rings (SSSR count). The van der Waals surface area contributed by atoms with Crippen LogP contribution >= 0.6 is 0 Å². The van der Waals surface area contributed by atoms with Gasteiger partial charge in [0.2, 0.25) is 0 Å². The largest absolute Gasteiger partial charge is 0.442 e. The number of carbonyl (C=O) groups is 1. The number of nitrogens with zero attached hydrogens (tertiary/aromatic N) is 5. The number of hydrogen-bond donors (Lipinski definition) is 2. The van der Waals surface area contributed by atoms with Crippen LogP contribution in [0.25, 0.3) is 11.1 Å². The molecule has 1 atom stereocenters. The van der Waals surface area contributed by atoms with Gasteiger partial charge in [0, 0.05) is 18.2 Å². The molecular weight excluding hydrogens is 445 g/mol. The maximum atomic E-state index is 15.0. The van der Waals surface area contributed by atoms with Gasteiger partial charge in [-0.25, -0.2) is 13.9 Å². The smallest absolute Gasteiger partial charge is 0.414 e. The lowest BCUT2D eigenvalue weighted by Crippen LogP contribution is -2.37. The van der Waals surface area contributed by atoms with Crippen LogP contribution in [-0.2, 0) is 16.1 Å². The zero-order valence-electron chi connectivity index (χ0n) is 18.0. The van der Waals surface area contributed by atoms with E-state index in [2.05, 4.69) is 15.5 Å². The summed E-state index contributed by atoms with van der Waals surface area (Å²) in [6.45, 7) is -0.0570. The summed E-state index contributed by atoms with van der Waals surface area (Å²) in [5.41, 5.74) is 1.68. The summed E-state index contributed by atoms with van der Waals surface area (Å²) in [5, 5.41) is 30.5. The number of oxime groups is 1. The first-order valence-electron chi connectivity index (χ1n) is 10.7. The van der Waals surface area contributed by atoms with Gasteiger partial charge in [-0.3, -0.25) is 4.90 Å². The fourth-order valence-corrected chi connectivity index (χ4v) is 4.01. The lowest BCUT2D eigenvalue weighted by atomic mass is 9.94. The molecule has 0 unspecified atom stereocenters. The number of benzene rings is 2. The van der Waals surface area contributed by atoms with E-state index >= 15 is 4.39 Å². The monoisotopic (exact) mass is 467 g/mol. The van der Waals surface area contributed by atoms with Crippen LogP contribution in [0.15, 0.2) is 60.0 Å². The van der Waals surface area contributed by atoms with Gasteiger partial charge in [0.25, 0.3) is 0 Å². The van der Waals surface area contributed by atoms with Crippen molar-refractivity contribution >= 4 is 17.5 Å². The SMILES string of the molecule is O=C1O[C@H](Cn2ccnn2)CN1c1ccc(-c2ccc(C3=NOC(CO)(CO)C3)cc2)c(F)c1. The molecule has 0 spiro atoms. The third-order valence-corrected chi connectivity index (χ3v) is 5.95. The quantitative estimate of drug-likeness (QED) is 0.545. The molecule has 2 aromatic carbocycles. The molecule has 11 heteroatoms. The van der Waals surface area contributed by atoms with Crippen molar-refractivity contribution in [3.05, 3.63) is 66.2 Å². The van der Waals surface area contributed by atoms with Gasteiger partial charge >= 0.3 is 6.09 Å². The minimum absolute atomic E-state index is 0.270. The summed E-state index contributed by atoms with van der Waals surface area (Å²) in [6.07, 6.45) is 2.54. The Bertz CT molecular complexity index is 1210. The van der Waals surface area contributed by atoms with E-state index in [-0.39, 0.29) is 26.2 Å². The summed E-state index contributed by atoms with van der Waals surface area (Å²) in [4.78, 5) is 18.9. The van der Waals surface area contributed by atoms with Crippen molar-refractivity contribution in [3.8, 4) is 11.1 Å². The molecule has 0 radical (unpaired) electrons. The topological polar surface area (TPSA) is 122 Å². The number of cyclic esters (lactones) is 1. The van der Waals surface area contributed by atoms with Gasteiger partial charge < -0.3 is 19.8 Å². The predicted molar refractivity (Wildman–Crippen MR) is 119 cm³/mol. The highest BCUT2D eigenvalue weighted by Gasteiger charge is 2.38. The normalized spacial score (nSPS) is 19.1. The first kappa shape index (κ1) is 22.0. The van der Waals surface area contributed by atoms with Crippen molar-refractivity contribution in [1.29, 1.82) is 0 Å². The Hall–Kier alpha value is -3.83. The van der Waals surface area contributed by atoms with E-state index in [9.17, 15) is 15.0 Å². The van der Waals surface area contributed by atoms with E-state index in [1.54, 1.807) is 53.5 Å². The number of rotatable bonds is 7. The molecule has 0 aliphatic carbocycles. The third-order valence-electron chi connectivity index (χ3n) is 5.95. The van der Waals surface area contributed by atoms with Crippen molar-refractivity contribution < 1.29 is 29.0 Å². The van der Waals surface area contributed by atoms with E-state index in [0.29, 0.717) is 29.1 Å². The molecule has 3 heterocycles. The molecular formula is C23H22FN5O5. The van der Waals surface area contributed by atoms with E-state index in [1.807, 2.05) is 0 Å². The summed E-state index contributed by atoms with van der Waals surface area (Å²) in [6, 6.07) is 11.7. The predicted octanol–water partition coefficient (Wildman–Crippen LogP) is 1.96. The van der Waals surface area contributed by atoms with Gasteiger partial charge in [0.15, 0.2) is 5.60 Å². The van der Waals surface area contributed by atoms with Gasteiger partial charge in [0.05, 0.1) is 43.9 Å². The summed E-state index contributed by atoms with van der Waals surface area (Å²) in [5.74, 6) is -0.473. The summed E-state index contributed by atoms with van der Waals surface area (Å²) in [7, 11) is 0. The number of anilines is 1. The lowest BCUT2D eigenvalue weighted by molar-refractivity contribution is -0.0878. The minimum Gasteiger partial charge on any atom is -0.442 e. The van der Waals surface area contributed by atoms with Crippen LogP contribution < -0.4 is 4.90 Å². The number of halogens is 1. The maximum absolute atomic E-state index is 15.0.